The van der Waals surface area contributed by atoms with Crippen molar-refractivity contribution in [1.82, 2.24) is 5.32 Å². The lowest BCUT2D eigenvalue weighted by Gasteiger charge is -2.11. The SMILES string of the molecule is Clc1ccc(Sc2cc(Br)ccc2CNC2CC2)cc1Cl. The van der Waals surface area contributed by atoms with Crippen LogP contribution in [-0.4, -0.2) is 6.04 Å². The third-order valence-corrected chi connectivity index (χ3v) is 5.63. The fraction of sp³-hybridized carbons (Fsp3) is 0.250. The van der Waals surface area contributed by atoms with Gasteiger partial charge in [0.1, 0.15) is 0 Å². The summed E-state index contributed by atoms with van der Waals surface area (Å²) in [5.41, 5.74) is 1.31. The molecule has 2 aromatic rings. The summed E-state index contributed by atoms with van der Waals surface area (Å²) in [6, 6.07) is 12.9. The van der Waals surface area contributed by atoms with E-state index < -0.39 is 0 Å². The Labute approximate surface area is 147 Å². The Morgan fingerprint density at radius 2 is 1.90 bits per heavy atom. The minimum atomic E-state index is 0.589. The smallest absolute Gasteiger partial charge is 0.0603 e. The van der Waals surface area contributed by atoms with E-state index in [-0.39, 0.29) is 0 Å². The highest BCUT2D eigenvalue weighted by Crippen LogP contribution is 2.36. The molecule has 5 heteroatoms. The maximum atomic E-state index is 6.10. The lowest BCUT2D eigenvalue weighted by molar-refractivity contribution is 0.680. The molecule has 0 radical (unpaired) electrons. The van der Waals surface area contributed by atoms with Crippen molar-refractivity contribution in [3.63, 3.8) is 0 Å². The van der Waals surface area contributed by atoms with Gasteiger partial charge in [0.2, 0.25) is 0 Å². The molecule has 110 valence electrons. The Morgan fingerprint density at radius 3 is 2.62 bits per heavy atom. The number of benzene rings is 2. The minimum absolute atomic E-state index is 0.589. The van der Waals surface area contributed by atoms with E-state index in [1.807, 2.05) is 18.2 Å². The third kappa shape index (κ3) is 4.40. The highest BCUT2D eigenvalue weighted by molar-refractivity contribution is 9.10. The molecule has 0 amide bonds. The van der Waals surface area contributed by atoms with Crippen LogP contribution in [0.4, 0.5) is 0 Å². The standard InChI is InChI=1S/C16H14BrCl2NS/c17-11-2-1-10(9-20-12-3-4-12)16(7-11)21-13-5-6-14(18)15(19)8-13/h1-2,5-8,12,20H,3-4,9H2. The second-order valence-corrected chi connectivity index (χ2v) is 7.93. The monoisotopic (exact) mass is 401 g/mol. The van der Waals surface area contributed by atoms with E-state index in [0.717, 1.165) is 15.9 Å². The van der Waals surface area contributed by atoms with Gasteiger partial charge >= 0.3 is 0 Å². The molecular weight excluding hydrogens is 389 g/mol. The molecule has 0 heterocycles. The molecule has 1 aliphatic carbocycles. The van der Waals surface area contributed by atoms with E-state index in [4.69, 9.17) is 23.2 Å². The molecule has 0 aromatic heterocycles. The largest absolute Gasteiger partial charge is 0.310 e. The van der Waals surface area contributed by atoms with E-state index in [1.165, 1.54) is 23.3 Å². The molecule has 1 saturated carbocycles. The first kappa shape index (κ1) is 15.7. The molecule has 0 spiro atoms. The van der Waals surface area contributed by atoms with Crippen molar-refractivity contribution in [2.75, 3.05) is 0 Å². The Kier molecular flexibility index (Phi) is 5.18. The number of hydrogen-bond donors (Lipinski definition) is 1. The molecule has 2 aromatic carbocycles. The highest BCUT2D eigenvalue weighted by atomic mass is 79.9. The van der Waals surface area contributed by atoms with Crippen molar-refractivity contribution in [3.8, 4) is 0 Å². The van der Waals surface area contributed by atoms with Crippen LogP contribution in [0.1, 0.15) is 18.4 Å². The van der Waals surface area contributed by atoms with E-state index >= 15 is 0 Å². The van der Waals surface area contributed by atoms with Crippen LogP contribution in [0.25, 0.3) is 0 Å². The van der Waals surface area contributed by atoms with Gasteiger partial charge < -0.3 is 5.32 Å². The summed E-state index contributed by atoms with van der Waals surface area (Å²) in [5.74, 6) is 0. The van der Waals surface area contributed by atoms with Crippen molar-refractivity contribution in [3.05, 3.63) is 56.5 Å². The number of nitrogens with one attached hydrogen (secondary N) is 1. The van der Waals surface area contributed by atoms with Crippen molar-refractivity contribution in [2.45, 2.75) is 35.2 Å². The predicted octanol–water partition coefficient (Wildman–Crippen LogP) is 6.16. The molecule has 0 atom stereocenters. The summed E-state index contributed by atoms with van der Waals surface area (Å²) >= 11 is 17.3. The number of halogens is 3. The molecule has 0 aliphatic heterocycles. The molecule has 1 aliphatic rings. The summed E-state index contributed by atoms with van der Waals surface area (Å²) in [4.78, 5) is 2.33. The first-order chi connectivity index (χ1) is 10.1. The lowest BCUT2D eigenvalue weighted by Crippen LogP contribution is -2.15. The van der Waals surface area contributed by atoms with Gasteiger partial charge in [-0.25, -0.2) is 0 Å². The van der Waals surface area contributed by atoms with E-state index in [1.54, 1.807) is 11.8 Å². The lowest BCUT2D eigenvalue weighted by atomic mass is 10.2. The van der Waals surface area contributed by atoms with Gasteiger partial charge in [0.15, 0.2) is 0 Å². The van der Waals surface area contributed by atoms with Crippen LogP contribution in [0.15, 0.2) is 50.7 Å². The zero-order valence-corrected chi connectivity index (χ0v) is 15.1. The maximum absolute atomic E-state index is 6.10. The van der Waals surface area contributed by atoms with E-state index in [2.05, 4.69) is 39.4 Å². The van der Waals surface area contributed by atoms with E-state index in [0.29, 0.717) is 16.1 Å². The molecule has 0 bridgehead atoms. The summed E-state index contributed by atoms with van der Waals surface area (Å²) in [6.07, 6.45) is 2.59. The first-order valence-electron chi connectivity index (χ1n) is 6.76. The third-order valence-electron chi connectivity index (χ3n) is 3.31. The fourth-order valence-corrected chi connectivity index (χ4v) is 3.88. The van der Waals surface area contributed by atoms with Crippen LogP contribution < -0.4 is 5.32 Å². The van der Waals surface area contributed by atoms with Crippen LogP contribution in [0.2, 0.25) is 10.0 Å². The Bertz CT molecular complexity index is 659. The minimum Gasteiger partial charge on any atom is -0.310 e. The molecule has 0 unspecified atom stereocenters. The summed E-state index contributed by atoms with van der Waals surface area (Å²) in [5, 5.41) is 4.74. The molecule has 1 N–H and O–H groups in total. The maximum Gasteiger partial charge on any atom is 0.0603 e. The van der Waals surface area contributed by atoms with Crippen LogP contribution in [0.3, 0.4) is 0 Å². The molecular formula is C16H14BrCl2NS. The quantitative estimate of drug-likeness (QED) is 0.642. The molecule has 3 rings (SSSR count). The second kappa shape index (κ2) is 6.93. The molecule has 1 fully saturated rings. The first-order valence-corrected chi connectivity index (χ1v) is 9.13. The van der Waals surface area contributed by atoms with Gasteiger partial charge in [0, 0.05) is 26.9 Å². The molecule has 21 heavy (non-hydrogen) atoms. The predicted molar refractivity (Wildman–Crippen MR) is 94.6 cm³/mol. The van der Waals surface area contributed by atoms with Crippen LogP contribution in [0.5, 0.6) is 0 Å². The topological polar surface area (TPSA) is 12.0 Å². The second-order valence-electron chi connectivity index (χ2n) is 5.09. The van der Waals surface area contributed by atoms with E-state index in [9.17, 15) is 0 Å². The van der Waals surface area contributed by atoms with Gasteiger partial charge in [-0.05, 0) is 48.7 Å². The fourth-order valence-electron chi connectivity index (χ4n) is 1.98. The number of rotatable bonds is 5. The summed E-state index contributed by atoms with van der Waals surface area (Å²) in [7, 11) is 0. The number of hydrogen-bond acceptors (Lipinski definition) is 2. The molecule has 0 saturated heterocycles. The van der Waals surface area contributed by atoms with Gasteiger partial charge in [-0.2, -0.15) is 0 Å². The van der Waals surface area contributed by atoms with Gasteiger partial charge in [-0.1, -0.05) is 57.0 Å². The summed E-state index contributed by atoms with van der Waals surface area (Å²) in [6.45, 7) is 0.904. The van der Waals surface area contributed by atoms with Gasteiger partial charge in [-0.3, -0.25) is 0 Å². The normalized spacial score (nSPS) is 14.4. The Morgan fingerprint density at radius 1 is 1.10 bits per heavy atom. The van der Waals surface area contributed by atoms with Crippen molar-refractivity contribution in [1.29, 1.82) is 0 Å². The highest BCUT2D eigenvalue weighted by Gasteiger charge is 2.20. The van der Waals surface area contributed by atoms with Gasteiger partial charge in [0.25, 0.3) is 0 Å². The summed E-state index contributed by atoms with van der Waals surface area (Å²) < 4.78 is 1.08. The zero-order chi connectivity index (χ0) is 14.8. The Balaban J connectivity index is 1.81. The van der Waals surface area contributed by atoms with Crippen molar-refractivity contribution in [2.24, 2.45) is 0 Å². The van der Waals surface area contributed by atoms with Crippen molar-refractivity contribution < 1.29 is 0 Å². The molecule has 1 nitrogen and oxygen atoms in total. The average Bonchev–Trinajstić information content (AvgIpc) is 3.26. The van der Waals surface area contributed by atoms with Gasteiger partial charge in [-0.15, -0.1) is 0 Å². The van der Waals surface area contributed by atoms with Crippen LogP contribution >= 0.6 is 50.9 Å². The van der Waals surface area contributed by atoms with Crippen molar-refractivity contribution >= 4 is 50.9 Å². The average molecular weight is 403 g/mol. The van der Waals surface area contributed by atoms with Crippen LogP contribution in [-0.2, 0) is 6.54 Å². The van der Waals surface area contributed by atoms with Gasteiger partial charge in [0.05, 0.1) is 10.0 Å². The Hall–Kier alpha value is -0.190. The van der Waals surface area contributed by atoms with Crippen LogP contribution in [0, 0.1) is 0 Å². The zero-order valence-electron chi connectivity index (χ0n) is 11.2.